The van der Waals surface area contributed by atoms with Gasteiger partial charge in [0, 0.05) is 11.6 Å². The Balaban J connectivity index is 1.92. The number of aliphatic carboxylic acids is 1. The summed E-state index contributed by atoms with van der Waals surface area (Å²) >= 11 is 11.7. The number of carbonyl (C=O) groups is 2. The number of carboxylic acids is 1. The molecule has 1 amide bonds. The average molecular weight is 348 g/mol. The van der Waals surface area contributed by atoms with Gasteiger partial charge in [-0.1, -0.05) is 23.2 Å². The van der Waals surface area contributed by atoms with Crippen molar-refractivity contribution in [2.45, 2.75) is 18.4 Å². The van der Waals surface area contributed by atoms with Crippen LogP contribution in [-0.4, -0.2) is 42.3 Å². The Kier molecular flexibility index (Phi) is 5.50. The predicted molar refractivity (Wildman–Crippen MR) is 80.5 cm³/mol. The molecule has 6 nitrogen and oxygen atoms in total. The van der Waals surface area contributed by atoms with Crippen LogP contribution >= 0.6 is 23.2 Å². The molecule has 1 aliphatic heterocycles. The van der Waals surface area contributed by atoms with Gasteiger partial charge in [0.15, 0.2) is 6.61 Å². The number of amides is 1. The second kappa shape index (κ2) is 7.17. The van der Waals surface area contributed by atoms with E-state index in [0.717, 1.165) is 0 Å². The lowest BCUT2D eigenvalue weighted by Gasteiger charge is -2.26. The lowest BCUT2D eigenvalue weighted by Crippen LogP contribution is -2.51. The van der Waals surface area contributed by atoms with E-state index in [1.54, 1.807) is 12.1 Å². The lowest BCUT2D eigenvalue weighted by molar-refractivity contribution is -0.139. The van der Waals surface area contributed by atoms with Crippen molar-refractivity contribution in [2.75, 3.05) is 19.8 Å². The molecule has 1 atom stereocenters. The summed E-state index contributed by atoms with van der Waals surface area (Å²) in [7, 11) is 0. The fraction of sp³-hybridized carbons (Fsp3) is 0.429. The fourth-order valence-corrected chi connectivity index (χ4v) is 2.71. The highest BCUT2D eigenvalue weighted by atomic mass is 35.5. The molecular weight excluding hydrogens is 333 g/mol. The third-order valence-electron chi connectivity index (χ3n) is 3.25. The maximum Gasteiger partial charge on any atom is 0.305 e. The summed E-state index contributed by atoms with van der Waals surface area (Å²) < 4.78 is 10.5. The van der Waals surface area contributed by atoms with Crippen molar-refractivity contribution < 1.29 is 24.2 Å². The molecule has 8 heteroatoms. The molecule has 0 aromatic heterocycles. The van der Waals surface area contributed by atoms with Gasteiger partial charge >= 0.3 is 5.97 Å². The van der Waals surface area contributed by atoms with Crippen LogP contribution in [0, 0.1) is 0 Å². The third kappa shape index (κ3) is 4.50. The molecule has 0 saturated carbocycles. The summed E-state index contributed by atoms with van der Waals surface area (Å²) in [5.74, 6) is -1.10. The average Bonchev–Trinajstić information content (AvgIpc) is 2.84. The summed E-state index contributed by atoms with van der Waals surface area (Å²) in [4.78, 5) is 22.9. The Labute approximate surface area is 137 Å². The first-order chi connectivity index (χ1) is 10.4. The van der Waals surface area contributed by atoms with Crippen LogP contribution in [0.1, 0.15) is 12.8 Å². The van der Waals surface area contributed by atoms with Crippen molar-refractivity contribution in [1.82, 2.24) is 5.32 Å². The fourth-order valence-electron chi connectivity index (χ4n) is 2.25. The normalized spacial score (nSPS) is 20.6. The molecule has 120 valence electrons. The highest BCUT2D eigenvalue weighted by Crippen LogP contribution is 2.27. The zero-order valence-electron chi connectivity index (χ0n) is 11.6. The summed E-state index contributed by atoms with van der Waals surface area (Å²) in [6.45, 7) is 0.312. The number of carboxylic acid groups (broad SMARTS) is 1. The zero-order chi connectivity index (χ0) is 16.2. The Morgan fingerprint density at radius 2 is 2.18 bits per heavy atom. The van der Waals surface area contributed by atoms with Crippen molar-refractivity contribution in [1.29, 1.82) is 0 Å². The molecule has 1 fully saturated rings. The summed E-state index contributed by atoms with van der Waals surface area (Å²) in [5, 5.41) is 12.4. The number of nitrogens with one attached hydrogen (secondary N) is 1. The predicted octanol–water partition coefficient (Wildman–Crippen LogP) is 2.12. The van der Waals surface area contributed by atoms with Crippen molar-refractivity contribution in [3.8, 4) is 5.75 Å². The number of rotatable bonds is 6. The first kappa shape index (κ1) is 16.9. The largest absolute Gasteiger partial charge is 0.482 e. The molecule has 1 heterocycles. The van der Waals surface area contributed by atoms with Gasteiger partial charge < -0.3 is 19.9 Å². The molecule has 2 rings (SSSR count). The molecule has 2 N–H and O–H groups in total. The third-order valence-corrected chi connectivity index (χ3v) is 3.78. The smallest absolute Gasteiger partial charge is 0.305 e. The van der Waals surface area contributed by atoms with Gasteiger partial charge in [-0.25, -0.2) is 0 Å². The first-order valence-corrected chi connectivity index (χ1v) is 7.34. The van der Waals surface area contributed by atoms with Crippen LogP contribution in [0.25, 0.3) is 0 Å². The van der Waals surface area contributed by atoms with Gasteiger partial charge in [0.25, 0.3) is 5.91 Å². The number of benzene rings is 1. The van der Waals surface area contributed by atoms with E-state index in [0.29, 0.717) is 28.8 Å². The van der Waals surface area contributed by atoms with Gasteiger partial charge in [0.05, 0.1) is 23.6 Å². The topological polar surface area (TPSA) is 84.9 Å². The molecule has 0 spiro atoms. The lowest BCUT2D eigenvalue weighted by atomic mass is 9.94. The molecular formula is C14H15Cl2NO5. The van der Waals surface area contributed by atoms with Crippen LogP contribution in [0.4, 0.5) is 0 Å². The van der Waals surface area contributed by atoms with E-state index in [4.69, 9.17) is 37.8 Å². The summed E-state index contributed by atoms with van der Waals surface area (Å²) in [6, 6.07) is 4.66. The van der Waals surface area contributed by atoms with Crippen LogP contribution in [-0.2, 0) is 14.3 Å². The molecule has 0 radical (unpaired) electrons. The van der Waals surface area contributed by atoms with E-state index >= 15 is 0 Å². The van der Waals surface area contributed by atoms with Crippen molar-refractivity contribution in [3.05, 3.63) is 28.2 Å². The van der Waals surface area contributed by atoms with Gasteiger partial charge in [-0.15, -0.1) is 0 Å². The van der Waals surface area contributed by atoms with Crippen molar-refractivity contribution in [3.63, 3.8) is 0 Å². The first-order valence-electron chi connectivity index (χ1n) is 6.59. The van der Waals surface area contributed by atoms with E-state index in [-0.39, 0.29) is 19.6 Å². The number of hydrogen-bond donors (Lipinski definition) is 2. The van der Waals surface area contributed by atoms with Gasteiger partial charge in [0.1, 0.15) is 5.75 Å². The van der Waals surface area contributed by atoms with Gasteiger partial charge in [0.2, 0.25) is 0 Å². The molecule has 1 aliphatic rings. The van der Waals surface area contributed by atoms with Gasteiger partial charge in [-0.2, -0.15) is 0 Å². The van der Waals surface area contributed by atoms with Gasteiger partial charge in [-0.3, -0.25) is 9.59 Å². The highest BCUT2D eigenvalue weighted by Gasteiger charge is 2.38. The molecule has 0 bridgehead atoms. The molecule has 1 aromatic carbocycles. The molecule has 22 heavy (non-hydrogen) atoms. The minimum absolute atomic E-state index is 0.173. The SMILES string of the molecule is O=C(O)CC1(NC(=O)COc2ccc(Cl)cc2Cl)CCOC1. The summed E-state index contributed by atoms with van der Waals surface area (Å²) in [5.41, 5.74) is -0.879. The monoisotopic (exact) mass is 347 g/mol. The second-order valence-corrected chi connectivity index (χ2v) is 5.91. The highest BCUT2D eigenvalue weighted by molar-refractivity contribution is 6.35. The van der Waals surface area contributed by atoms with Crippen LogP contribution in [0.2, 0.25) is 10.0 Å². The van der Waals surface area contributed by atoms with Crippen LogP contribution in [0.15, 0.2) is 18.2 Å². The Morgan fingerprint density at radius 1 is 1.41 bits per heavy atom. The molecule has 1 saturated heterocycles. The van der Waals surface area contributed by atoms with Crippen LogP contribution in [0.5, 0.6) is 5.75 Å². The number of halogens is 2. The van der Waals surface area contributed by atoms with E-state index in [9.17, 15) is 9.59 Å². The van der Waals surface area contributed by atoms with Gasteiger partial charge in [-0.05, 0) is 24.6 Å². The van der Waals surface area contributed by atoms with Crippen LogP contribution < -0.4 is 10.1 Å². The standard InChI is InChI=1S/C14H15Cl2NO5/c15-9-1-2-11(10(16)5-9)22-7-12(18)17-14(6-13(19)20)3-4-21-8-14/h1-2,5H,3-4,6-8H2,(H,17,18)(H,19,20). The Morgan fingerprint density at radius 3 is 2.77 bits per heavy atom. The maximum absolute atomic E-state index is 12.0. The molecule has 1 unspecified atom stereocenters. The van der Waals surface area contributed by atoms with E-state index in [2.05, 4.69) is 5.32 Å². The maximum atomic E-state index is 12.0. The van der Waals surface area contributed by atoms with Crippen molar-refractivity contribution >= 4 is 35.1 Å². The molecule has 1 aromatic rings. The van der Waals surface area contributed by atoms with Crippen LogP contribution in [0.3, 0.4) is 0 Å². The second-order valence-electron chi connectivity index (χ2n) is 5.07. The molecule has 0 aliphatic carbocycles. The number of hydrogen-bond acceptors (Lipinski definition) is 4. The van der Waals surface area contributed by atoms with E-state index in [1.807, 2.05) is 0 Å². The number of carbonyl (C=O) groups excluding carboxylic acids is 1. The van der Waals surface area contributed by atoms with E-state index in [1.165, 1.54) is 6.07 Å². The Hall–Kier alpha value is -1.50. The Bertz CT molecular complexity index is 572. The van der Waals surface area contributed by atoms with Crippen molar-refractivity contribution in [2.24, 2.45) is 0 Å². The van der Waals surface area contributed by atoms with E-state index < -0.39 is 17.4 Å². The summed E-state index contributed by atoms with van der Waals surface area (Å²) in [6.07, 6.45) is 0.257. The minimum atomic E-state index is -0.993. The minimum Gasteiger partial charge on any atom is -0.482 e. The quantitative estimate of drug-likeness (QED) is 0.823. The number of ether oxygens (including phenoxy) is 2. The zero-order valence-corrected chi connectivity index (χ0v) is 13.1.